The molecule has 0 saturated carbocycles. The first kappa shape index (κ1) is 12.3. The molecule has 0 spiro atoms. The van der Waals surface area contributed by atoms with Gasteiger partial charge >= 0.3 is 0 Å². The maximum Gasteiger partial charge on any atom is 0.231 e. The Kier molecular flexibility index (Phi) is 3.53. The second-order valence-electron chi connectivity index (χ2n) is 4.95. The number of rotatable bonds is 4. The zero-order valence-corrected chi connectivity index (χ0v) is 10.8. The first-order valence-electron chi connectivity index (χ1n) is 6.56. The molecule has 2 heterocycles. The smallest absolute Gasteiger partial charge is 0.231 e. The van der Waals surface area contributed by atoms with E-state index in [1.807, 2.05) is 6.07 Å². The maximum absolute atomic E-state index is 8.57. The molecule has 1 unspecified atom stereocenters. The van der Waals surface area contributed by atoms with E-state index < -0.39 is 0 Å². The van der Waals surface area contributed by atoms with Gasteiger partial charge in [0, 0.05) is 25.7 Å². The van der Waals surface area contributed by atoms with Crippen molar-refractivity contribution in [2.75, 3.05) is 26.4 Å². The van der Waals surface area contributed by atoms with Crippen LogP contribution in [0.3, 0.4) is 0 Å². The monoisotopic (exact) mass is 259 g/mol. The van der Waals surface area contributed by atoms with Gasteiger partial charge in [-0.15, -0.1) is 0 Å². The highest BCUT2D eigenvalue weighted by molar-refractivity contribution is 5.44. The molecule has 5 nitrogen and oxygen atoms in total. The summed E-state index contributed by atoms with van der Waals surface area (Å²) >= 11 is 0. The van der Waals surface area contributed by atoms with E-state index in [2.05, 4.69) is 28.4 Å². The van der Waals surface area contributed by atoms with Crippen LogP contribution in [0.2, 0.25) is 0 Å². The molecule has 3 rings (SSSR count). The van der Waals surface area contributed by atoms with Crippen LogP contribution in [0.15, 0.2) is 18.2 Å². The Labute approximate surface area is 112 Å². The summed E-state index contributed by atoms with van der Waals surface area (Å²) in [5, 5.41) is 11.8. The topological polar surface area (TPSA) is 57.5 Å². The highest BCUT2D eigenvalue weighted by Gasteiger charge is 2.22. The molecular formula is C14H17N3O2. The van der Waals surface area contributed by atoms with Crippen molar-refractivity contribution in [1.82, 2.24) is 10.2 Å². The fourth-order valence-electron chi connectivity index (χ4n) is 2.63. The van der Waals surface area contributed by atoms with E-state index in [9.17, 15) is 0 Å². The predicted molar refractivity (Wildman–Crippen MR) is 69.9 cm³/mol. The summed E-state index contributed by atoms with van der Waals surface area (Å²) in [6.45, 7) is 3.74. The zero-order valence-electron chi connectivity index (χ0n) is 10.8. The molecule has 1 saturated heterocycles. The first-order valence-corrected chi connectivity index (χ1v) is 6.56. The molecular weight excluding hydrogens is 242 g/mol. The Bertz CT molecular complexity index is 498. The Morgan fingerprint density at radius 3 is 3.16 bits per heavy atom. The third-order valence-corrected chi connectivity index (χ3v) is 3.59. The molecule has 0 bridgehead atoms. The lowest BCUT2D eigenvalue weighted by Crippen LogP contribution is -2.32. The molecule has 1 atom stereocenters. The van der Waals surface area contributed by atoms with Crippen molar-refractivity contribution in [3.63, 3.8) is 0 Å². The predicted octanol–water partition coefficient (Wildman–Crippen LogP) is 1.10. The average molecular weight is 259 g/mol. The van der Waals surface area contributed by atoms with Crippen LogP contribution < -0.4 is 14.8 Å². The number of nitrogens with one attached hydrogen (secondary N) is 1. The van der Waals surface area contributed by atoms with Crippen molar-refractivity contribution in [3.05, 3.63) is 23.8 Å². The van der Waals surface area contributed by atoms with Crippen LogP contribution in [0.25, 0.3) is 0 Å². The van der Waals surface area contributed by atoms with Gasteiger partial charge in [-0.2, -0.15) is 5.26 Å². The van der Waals surface area contributed by atoms with Gasteiger partial charge in [-0.3, -0.25) is 4.90 Å². The minimum Gasteiger partial charge on any atom is -0.454 e. The normalized spacial score (nSPS) is 21.5. The summed E-state index contributed by atoms with van der Waals surface area (Å²) in [6, 6.07) is 8.68. The lowest BCUT2D eigenvalue weighted by atomic mass is 10.2. The van der Waals surface area contributed by atoms with E-state index in [4.69, 9.17) is 14.7 Å². The number of nitriles is 1. The SMILES string of the molecule is N#CCNC1CCN(Cc2ccc3c(c2)OCO3)C1. The second-order valence-corrected chi connectivity index (χ2v) is 4.95. The van der Waals surface area contributed by atoms with Crippen LogP contribution >= 0.6 is 0 Å². The van der Waals surface area contributed by atoms with E-state index in [0.717, 1.165) is 37.6 Å². The van der Waals surface area contributed by atoms with Crippen molar-refractivity contribution < 1.29 is 9.47 Å². The second kappa shape index (κ2) is 5.47. The van der Waals surface area contributed by atoms with E-state index in [1.54, 1.807) is 0 Å². The Morgan fingerprint density at radius 2 is 2.26 bits per heavy atom. The third-order valence-electron chi connectivity index (χ3n) is 3.59. The van der Waals surface area contributed by atoms with E-state index in [1.165, 1.54) is 5.56 Å². The van der Waals surface area contributed by atoms with Crippen LogP contribution in [0.1, 0.15) is 12.0 Å². The van der Waals surface area contributed by atoms with Crippen LogP contribution in [0.4, 0.5) is 0 Å². The minimum absolute atomic E-state index is 0.322. The Hall–Kier alpha value is -1.77. The largest absolute Gasteiger partial charge is 0.454 e. The van der Waals surface area contributed by atoms with Gasteiger partial charge < -0.3 is 14.8 Å². The molecule has 19 heavy (non-hydrogen) atoms. The van der Waals surface area contributed by atoms with Crippen molar-refractivity contribution in [3.8, 4) is 17.6 Å². The molecule has 1 N–H and O–H groups in total. The number of hydrogen-bond donors (Lipinski definition) is 1. The molecule has 1 aromatic carbocycles. The van der Waals surface area contributed by atoms with Gasteiger partial charge in [0.2, 0.25) is 6.79 Å². The van der Waals surface area contributed by atoms with Gasteiger partial charge in [-0.05, 0) is 24.1 Å². The van der Waals surface area contributed by atoms with Crippen LogP contribution in [-0.2, 0) is 6.54 Å². The maximum atomic E-state index is 8.57. The number of hydrogen-bond acceptors (Lipinski definition) is 5. The zero-order chi connectivity index (χ0) is 13.1. The van der Waals surface area contributed by atoms with E-state index in [-0.39, 0.29) is 0 Å². The van der Waals surface area contributed by atoms with Crippen molar-refractivity contribution >= 4 is 0 Å². The summed E-state index contributed by atoms with van der Waals surface area (Å²) in [5.41, 5.74) is 1.24. The van der Waals surface area contributed by atoms with Gasteiger partial charge in [-0.25, -0.2) is 0 Å². The molecule has 0 amide bonds. The summed E-state index contributed by atoms with van der Waals surface area (Å²) in [7, 11) is 0. The minimum atomic E-state index is 0.322. The highest BCUT2D eigenvalue weighted by atomic mass is 16.7. The van der Waals surface area contributed by atoms with E-state index >= 15 is 0 Å². The molecule has 0 aliphatic carbocycles. The average Bonchev–Trinajstić information content (AvgIpc) is 3.05. The van der Waals surface area contributed by atoms with Crippen molar-refractivity contribution in [2.24, 2.45) is 0 Å². The quantitative estimate of drug-likeness (QED) is 0.821. The molecule has 2 aliphatic heterocycles. The third kappa shape index (κ3) is 2.80. The van der Waals surface area contributed by atoms with Gasteiger partial charge in [0.05, 0.1) is 12.6 Å². The molecule has 5 heteroatoms. The number of ether oxygens (including phenoxy) is 2. The fourth-order valence-corrected chi connectivity index (χ4v) is 2.63. The van der Waals surface area contributed by atoms with Crippen LogP contribution in [0, 0.1) is 11.3 Å². The van der Waals surface area contributed by atoms with Gasteiger partial charge in [0.1, 0.15) is 0 Å². The Morgan fingerprint density at radius 1 is 1.37 bits per heavy atom. The van der Waals surface area contributed by atoms with E-state index in [0.29, 0.717) is 19.4 Å². The van der Waals surface area contributed by atoms with Gasteiger partial charge in [0.15, 0.2) is 11.5 Å². The van der Waals surface area contributed by atoms with Crippen molar-refractivity contribution in [2.45, 2.75) is 19.0 Å². The standard InChI is InChI=1S/C14H17N3O2/c15-4-5-16-12-3-6-17(9-12)8-11-1-2-13-14(7-11)19-10-18-13/h1-2,7,12,16H,3,5-6,8-10H2. The van der Waals surface area contributed by atoms with Crippen LogP contribution in [0.5, 0.6) is 11.5 Å². The first-order chi connectivity index (χ1) is 9.35. The summed E-state index contributed by atoms with van der Waals surface area (Å²) in [5.74, 6) is 1.68. The number of nitrogens with zero attached hydrogens (tertiary/aromatic N) is 2. The van der Waals surface area contributed by atoms with Gasteiger partial charge in [0.25, 0.3) is 0 Å². The number of benzene rings is 1. The summed E-state index contributed by atoms with van der Waals surface area (Å²) in [4.78, 5) is 2.40. The number of fused-ring (bicyclic) bond motifs is 1. The summed E-state index contributed by atoms with van der Waals surface area (Å²) in [6.07, 6.45) is 1.10. The van der Waals surface area contributed by atoms with Gasteiger partial charge in [-0.1, -0.05) is 6.07 Å². The lowest BCUT2D eigenvalue weighted by molar-refractivity contribution is 0.174. The number of likely N-dealkylation sites (tertiary alicyclic amines) is 1. The molecule has 2 aliphatic rings. The summed E-state index contributed by atoms with van der Waals surface area (Å²) < 4.78 is 10.7. The Balaban J connectivity index is 1.56. The van der Waals surface area contributed by atoms with Crippen LogP contribution in [-0.4, -0.2) is 37.4 Å². The van der Waals surface area contributed by atoms with Crippen molar-refractivity contribution in [1.29, 1.82) is 5.26 Å². The molecule has 100 valence electrons. The highest BCUT2D eigenvalue weighted by Crippen LogP contribution is 2.33. The molecule has 0 aromatic heterocycles. The molecule has 1 fully saturated rings. The molecule has 1 aromatic rings. The lowest BCUT2D eigenvalue weighted by Gasteiger charge is -2.16. The molecule has 0 radical (unpaired) electrons. The fraction of sp³-hybridized carbons (Fsp3) is 0.500.